The number of nitrogen functional groups attached to an aromatic ring is 1. The molecule has 0 unspecified atom stereocenters. The van der Waals surface area contributed by atoms with Crippen LogP contribution in [0.1, 0.15) is 10.5 Å². The Morgan fingerprint density at radius 1 is 1.21 bits per heavy atom. The summed E-state index contributed by atoms with van der Waals surface area (Å²) in [6.07, 6.45) is 4.29. The van der Waals surface area contributed by atoms with E-state index in [0.717, 1.165) is 0 Å². The minimum absolute atomic E-state index is 0.0357. The summed E-state index contributed by atoms with van der Waals surface area (Å²) in [5, 5.41) is 2.56. The topological polar surface area (TPSA) is 140 Å². The summed E-state index contributed by atoms with van der Waals surface area (Å²) in [7, 11) is 0. The van der Waals surface area contributed by atoms with Crippen molar-refractivity contribution in [2.45, 2.75) is 0 Å². The zero-order valence-corrected chi connectivity index (χ0v) is 13.6. The van der Waals surface area contributed by atoms with Crippen molar-refractivity contribution in [2.24, 2.45) is 0 Å². The van der Waals surface area contributed by atoms with Gasteiger partial charge in [0.05, 0.1) is 17.5 Å². The largest absolute Gasteiger partial charge is 0.382 e. The fourth-order valence-electron chi connectivity index (χ4n) is 1.93. The average molecular weight is 388 g/mol. The van der Waals surface area contributed by atoms with Crippen molar-refractivity contribution in [3.8, 4) is 11.3 Å². The third-order valence-electron chi connectivity index (χ3n) is 2.98. The number of aromatic nitrogens is 5. The summed E-state index contributed by atoms with van der Waals surface area (Å²) in [6.45, 7) is 0. The van der Waals surface area contributed by atoms with Crippen molar-refractivity contribution >= 4 is 33.5 Å². The Labute approximate surface area is 143 Å². The molecule has 0 aliphatic carbocycles. The van der Waals surface area contributed by atoms with Crippen LogP contribution >= 0.6 is 15.9 Å². The lowest BCUT2D eigenvalue weighted by Gasteiger charge is -2.10. The van der Waals surface area contributed by atoms with E-state index < -0.39 is 11.6 Å². The van der Waals surface area contributed by atoms with Gasteiger partial charge in [0.2, 0.25) is 0 Å². The Bertz CT molecular complexity index is 959. The number of anilines is 2. The highest BCUT2D eigenvalue weighted by molar-refractivity contribution is 9.10. The molecule has 120 valence electrons. The summed E-state index contributed by atoms with van der Waals surface area (Å²) < 4.78 is 0.357. The van der Waals surface area contributed by atoms with E-state index in [1.165, 1.54) is 12.4 Å². The molecule has 0 spiro atoms. The molecule has 3 rings (SSSR count). The summed E-state index contributed by atoms with van der Waals surface area (Å²) >= 11 is 3.13. The third-order valence-corrected chi connectivity index (χ3v) is 3.36. The number of pyridine rings is 1. The van der Waals surface area contributed by atoms with Gasteiger partial charge in [0.15, 0.2) is 11.5 Å². The SMILES string of the molecule is Nc1ncc(Br)nc1C(=O)Nc1[nH]c(=O)ncc1-c1ccccn1. The third kappa shape index (κ3) is 3.27. The molecule has 0 aromatic carbocycles. The molecular formula is C14H10BrN7O2. The number of H-pyrrole nitrogens is 1. The van der Waals surface area contributed by atoms with E-state index in [-0.39, 0.29) is 17.3 Å². The molecule has 4 N–H and O–H groups in total. The zero-order chi connectivity index (χ0) is 17.1. The first-order chi connectivity index (χ1) is 11.5. The maximum Gasteiger partial charge on any atom is 0.346 e. The second-order valence-electron chi connectivity index (χ2n) is 4.57. The van der Waals surface area contributed by atoms with Crippen LogP contribution in [0.3, 0.4) is 0 Å². The molecule has 3 aromatic heterocycles. The van der Waals surface area contributed by atoms with Gasteiger partial charge in [0.1, 0.15) is 10.4 Å². The van der Waals surface area contributed by atoms with E-state index in [9.17, 15) is 9.59 Å². The van der Waals surface area contributed by atoms with E-state index in [0.29, 0.717) is 15.9 Å². The summed E-state index contributed by atoms with van der Waals surface area (Å²) in [6, 6.07) is 5.24. The zero-order valence-electron chi connectivity index (χ0n) is 12.0. The van der Waals surface area contributed by atoms with Crippen LogP contribution in [0, 0.1) is 0 Å². The Morgan fingerprint density at radius 3 is 2.79 bits per heavy atom. The molecule has 1 amide bonds. The molecular weight excluding hydrogens is 378 g/mol. The van der Waals surface area contributed by atoms with Crippen LogP contribution in [0.2, 0.25) is 0 Å². The van der Waals surface area contributed by atoms with Crippen molar-refractivity contribution < 1.29 is 4.79 Å². The van der Waals surface area contributed by atoms with Gasteiger partial charge in [-0.3, -0.25) is 14.8 Å². The highest BCUT2D eigenvalue weighted by Crippen LogP contribution is 2.23. The smallest absolute Gasteiger partial charge is 0.346 e. The quantitative estimate of drug-likeness (QED) is 0.613. The lowest BCUT2D eigenvalue weighted by molar-refractivity contribution is 0.102. The Balaban J connectivity index is 2.01. The first-order valence-electron chi connectivity index (χ1n) is 6.64. The second-order valence-corrected chi connectivity index (χ2v) is 5.39. The van der Waals surface area contributed by atoms with Crippen LogP contribution in [0.5, 0.6) is 0 Å². The molecule has 0 atom stereocenters. The van der Waals surface area contributed by atoms with E-state index in [1.54, 1.807) is 24.4 Å². The molecule has 3 heterocycles. The highest BCUT2D eigenvalue weighted by atomic mass is 79.9. The maximum atomic E-state index is 12.4. The number of nitrogens with two attached hydrogens (primary N) is 1. The maximum absolute atomic E-state index is 12.4. The fourth-order valence-corrected chi connectivity index (χ4v) is 2.21. The molecule has 0 saturated heterocycles. The van der Waals surface area contributed by atoms with Crippen molar-refractivity contribution in [1.82, 2.24) is 24.9 Å². The predicted molar refractivity (Wildman–Crippen MR) is 90.2 cm³/mol. The van der Waals surface area contributed by atoms with Crippen molar-refractivity contribution in [3.63, 3.8) is 0 Å². The number of hydrogen-bond donors (Lipinski definition) is 3. The predicted octanol–water partition coefficient (Wildman–Crippen LogP) is 1.22. The summed E-state index contributed by atoms with van der Waals surface area (Å²) in [5.41, 5.74) is 5.96. The summed E-state index contributed by atoms with van der Waals surface area (Å²) in [5.74, 6) is -0.522. The van der Waals surface area contributed by atoms with Gasteiger partial charge in [-0.1, -0.05) is 6.07 Å². The normalized spacial score (nSPS) is 10.4. The first-order valence-corrected chi connectivity index (χ1v) is 7.44. The number of aromatic amines is 1. The molecule has 0 aliphatic rings. The molecule has 0 aliphatic heterocycles. The van der Waals surface area contributed by atoms with E-state index >= 15 is 0 Å². The van der Waals surface area contributed by atoms with Crippen LogP contribution in [-0.4, -0.2) is 30.8 Å². The standard InChI is InChI=1S/C14H10BrN7O2/c15-9-6-18-11(16)10(20-9)13(23)21-12-7(5-19-14(24)22-12)8-3-1-2-4-17-8/h1-6H,(H2,16,18)(H2,19,21,22,23,24). The van der Waals surface area contributed by atoms with Crippen LogP contribution in [0.25, 0.3) is 11.3 Å². The van der Waals surface area contributed by atoms with Crippen LogP contribution in [-0.2, 0) is 0 Å². The lowest BCUT2D eigenvalue weighted by atomic mass is 10.2. The van der Waals surface area contributed by atoms with Crippen LogP contribution < -0.4 is 16.7 Å². The van der Waals surface area contributed by atoms with Crippen molar-refractivity contribution in [1.29, 1.82) is 0 Å². The monoisotopic (exact) mass is 387 g/mol. The molecule has 0 saturated carbocycles. The van der Waals surface area contributed by atoms with Gasteiger partial charge in [-0.25, -0.2) is 19.7 Å². The number of hydrogen-bond acceptors (Lipinski definition) is 7. The number of rotatable bonds is 3. The van der Waals surface area contributed by atoms with Gasteiger partial charge in [0, 0.05) is 12.4 Å². The number of nitrogens with one attached hydrogen (secondary N) is 2. The van der Waals surface area contributed by atoms with Gasteiger partial charge >= 0.3 is 5.69 Å². The Kier molecular flexibility index (Phi) is 4.29. The van der Waals surface area contributed by atoms with Gasteiger partial charge in [0.25, 0.3) is 5.91 Å². The van der Waals surface area contributed by atoms with Crippen molar-refractivity contribution in [2.75, 3.05) is 11.1 Å². The molecule has 3 aromatic rings. The minimum Gasteiger partial charge on any atom is -0.382 e. The molecule has 24 heavy (non-hydrogen) atoms. The molecule has 10 heteroatoms. The van der Waals surface area contributed by atoms with Gasteiger partial charge in [-0.05, 0) is 28.1 Å². The number of nitrogens with zero attached hydrogens (tertiary/aromatic N) is 4. The second kappa shape index (κ2) is 6.54. The van der Waals surface area contributed by atoms with Gasteiger partial charge in [-0.2, -0.15) is 0 Å². The minimum atomic E-state index is -0.625. The van der Waals surface area contributed by atoms with Gasteiger partial charge in [-0.15, -0.1) is 0 Å². The first kappa shape index (κ1) is 15.7. The van der Waals surface area contributed by atoms with E-state index in [2.05, 4.69) is 46.2 Å². The number of halogens is 1. The Morgan fingerprint density at radius 2 is 2.04 bits per heavy atom. The fraction of sp³-hybridized carbons (Fsp3) is 0. The van der Waals surface area contributed by atoms with E-state index in [1.807, 2.05) is 0 Å². The molecule has 0 radical (unpaired) electrons. The number of amides is 1. The number of carbonyl (C=O) groups excluding carboxylic acids is 1. The van der Waals surface area contributed by atoms with Crippen LogP contribution in [0.4, 0.5) is 11.6 Å². The summed E-state index contributed by atoms with van der Waals surface area (Å²) in [4.78, 5) is 42.1. The highest BCUT2D eigenvalue weighted by Gasteiger charge is 2.17. The number of carbonyl (C=O) groups is 1. The molecule has 0 fully saturated rings. The Hall–Kier alpha value is -3.14. The van der Waals surface area contributed by atoms with Crippen LogP contribution in [0.15, 0.2) is 46.2 Å². The van der Waals surface area contributed by atoms with Crippen molar-refractivity contribution in [3.05, 3.63) is 57.6 Å². The van der Waals surface area contributed by atoms with E-state index in [4.69, 9.17) is 5.73 Å². The lowest BCUT2D eigenvalue weighted by Crippen LogP contribution is -2.21. The molecule has 9 nitrogen and oxygen atoms in total. The molecule has 0 bridgehead atoms. The average Bonchev–Trinajstić information content (AvgIpc) is 2.58. The van der Waals surface area contributed by atoms with Gasteiger partial charge < -0.3 is 11.1 Å².